The third-order valence-corrected chi connectivity index (χ3v) is 4.54. The predicted octanol–water partition coefficient (Wildman–Crippen LogP) is 1.74. The van der Waals surface area contributed by atoms with E-state index in [4.69, 9.17) is 11.6 Å². The molecule has 5 nitrogen and oxygen atoms in total. The molecule has 1 aromatic rings. The van der Waals surface area contributed by atoms with Crippen molar-refractivity contribution in [3.8, 4) is 0 Å². The average Bonchev–Trinajstić information content (AvgIpc) is 2.74. The molecule has 0 aromatic carbocycles. The number of aromatic nitrogens is 2. The summed E-state index contributed by atoms with van der Waals surface area (Å²) in [5, 5.41) is 4.04. The molecular formula is C11H20ClN3O2S. The van der Waals surface area contributed by atoms with Gasteiger partial charge in [-0.2, -0.15) is 5.10 Å². The van der Waals surface area contributed by atoms with Crippen LogP contribution in [0, 0.1) is 5.92 Å². The molecule has 0 saturated heterocycles. The first-order chi connectivity index (χ1) is 8.51. The summed E-state index contributed by atoms with van der Waals surface area (Å²) in [5.41, 5.74) is 0. The monoisotopic (exact) mass is 293 g/mol. The summed E-state index contributed by atoms with van der Waals surface area (Å²) in [6.45, 7) is 2.50. The normalized spacial score (nSPS) is 13.7. The van der Waals surface area contributed by atoms with E-state index in [1.165, 1.54) is 16.9 Å². The minimum atomic E-state index is -3.47. The average molecular weight is 294 g/mol. The Balaban J connectivity index is 2.64. The summed E-state index contributed by atoms with van der Waals surface area (Å²) >= 11 is 5.72. The maximum atomic E-state index is 12.0. The molecule has 1 rings (SSSR count). The van der Waals surface area contributed by atoms with Crippen LogP contribution in [-0.2, 0) is 17.1 Å². The number of hydrogen-bond acceptors (Lipinski definition) is 3. The number of halogens is 1. The van der Waals surface area contributed by atoms with Gasteiger partial charge in [0, 0.05) is 19.5 Å². The lowest BCUT2D eigenvalue weighted by Crippen LogP contribution is -2.31. The summed E-state index contributed by atoms with van der Waals surface area (Å²) < 4.78 is 28.0. The molecule has 1 atom stereocenters. The first-order valence-corrected chi connectivity index (χ1v) is 8.06. The van der Waals surface area contributed by atoms with Crippen molar-refractivity contribution in [2.75, 3.05) is 12.4 Å². The molecule has 1 aromatic heterocycles. The van der Waals surface area contributed by atoms with Crippen molar-refractivity contribution < 1.29 is 8.42 Å². The Morgan fingerprint density at radius 3 is 2.72 bits per heavy atom. The molecule has 1 unspecified atom stereocenters. The van der Waals surface area contributed by atoms with Crippen LogP contribution in [-0.4, -0.2) is 30.6 Å². The number of nitrogens with zero attached hydrogens (tertiary/aromatic N) is 2. The van der Waals surface area contributed by atoms with E-state index in [2.05, 4.69) is 16.7 Å². The minimum Gasteiger partial charge on any atom is -0.256 e. The highest BCUT2D eigenvalue weighted by Crippen LogP contribution is 2.13. The van der Waals surface area contributed by atoms with Gasteiger partial charge in [-0.05, 0) is 24.8 Å². The molecule has 0 radical (unpaired) electrons. The summed E-state index contributed by atoms with van der Waals surface area (Å²) in [6, 6.07) is 1.48. The molecule has 7 heteroatoms. The Kier molecular flexibility index (Phi) is 6.11. The Morgan fingerprint density at radius 1 is 1.50 bits per heavy atom. The quantitative estimate of drug-likeness (QED) is 0.743. The van der Waals surface area contributed by atoms with E-state index in [0.29, 0.717) is 12.4 Å². The van der Waals surface area contributed by atoms with Crippen LogP contribution >= 0.6 is 11.6 Å². The van der Waals surface area contributed by atoms with Crippen LogP contribution < -0.4 is 4.72 Å². The van der Waals surface area contributed by atoms with Crippen molar-refractivity contribution in [2.24, 2.45) is 13.0 Å². The molecular weight excluding hydrogens is 274 g/mol. The minimum absolute atomic E-state index is 0.184. The second-order valence-electron chi connectivity index (χ2n) is 4.28. The van der Waals surface area contributed by atoms with Gasteiger partial charge >= 0.3 is 0 Å². The smallest absolute Gasteiger partial charge is 0.256 e. The van der Waals surface area contributed by atoms with Crippen molar-refractivity contribution in [1.82, 2.24) is 14.5 Å². The lowest BCUT2D eigenvalue weighted by molar-refractivity contribution is 0.455. The zero-order chi connectivity index (χ0) is 13.6. The van der Waals surface area contributed by atoms with Gasteiger partial charge in [-0.3, -0.25) is 4.68 Å². The molecule has 0 fully saturated rings. The first kappa shape index (κ1) is 15.5. The number of nitrogens with one attached hydrogen (secondary N) is 1. The third-order valence-electron chi connectivity index (χ3n) is 2.83. The van der Waals surface area contributed by atoms with Gasteiger partial charge in [0.15, 0.2) is 5.03 Å². The van der Waals surface area contributed by atoms with Gasteiger partial charge in [0.25, 0.3) is 10.0 Å². The fourth-order valence-corrected chi connectivity index (χ4v) is 3.38. The van der Waals surface area contributed by atoms with Crippen LogP contribution in [0.4, 0.5) is 0 Å². The van der Waals surface area contributed by atoms with Gasteiger partial charge in [-0.1, -0.05) is 13.3 Å². The van der Waals surface area contributed by atoms with Crippen molar-refractivity contribution in [3.05, 3.63) is 12.3 Å². The van der Waals surface area contributed by atoms with Crippen LogP contribution in [0.15, 0.2) is 17.3 Å². The van der Waals surface area contributed by atoms with Crippen LogP contribution in [0.3, 0.4) is 0 Å². The first-order valence-electron chi connectivity index (χ1n) is 6.05. The van der Waals surface area contributed by atoms with E-state index < -0.39 is 10.0 Å². The fourth-order valence-electron chi connectivity index (χ4n) is 1.84. The maximum Gasteiger partial charge on any atom is 0.257 e. The SMILES string of the molecule is CCCC(CCCl)CNS(=O)(=O)c1ccnn1C. The van der Waals surface area contributed by atoms with Crippen molar-refractivity contribution >= 4 is 21.6 Å². The van der Waals surface area contributed by atoms with Crippen LogP contribution in [0.25, 0.3) is 0 Å². The van der Waals surface area contributed by atoms with Gasteiger partial charge in [-0.15, -0.1) is 11.6 Å². The Labute approximate surface area is 114 Å². The van der Waals surface area contributed by atoms with Gasteiger partial charge in [0.1, 0.15) is 0 Å². The lowest BCUT2D eigenvalue weighted by atomic mass is 10.0. The summed E-state index contributed by atoms with van der Waals surface area (Å²) in [6.07, 6.45) is 4.29. The number of hydrogen-bond donors (Lipinski definition) is 1. The summed E-state index contributed by atoms with van der Waals surface area (Å²) in [5.74, 6) is 0.841. The molecule has 0 aliphatic carbocycles. The summed E-state index contributed by atoms with van der Waals surface area (Å²) in [4.78, 5) is 0. The van der Waals surface area contributed by atoms with Crippen LogP contribution in [0.1, 0.15) is 26.2 Å². The molecule has 0 aliphatic rings. The summed E-state index contributed by atoms with van der Waals surface area (Å²) in [7, 11) is -1.86. The van der Waals surface area contributed by atoms with Gasteiger partial charge in [0.05, 0.1) is 6.20 Å². The van der Waals surface area contributed by atoms with E-state index in [1.807, 2.05) is 0 Å². The highest BCUT2D eigenvalue weighted by Gasteiger charge is 2.19. The van der Waals surface area contributed by atoms with Crippen molar-refractivity contribution in [3.63, 3.8) is 0 Å². The molecule has 0 spiro atoms. The third kappa shape index (κ3) is 4.26. The molecule has 0 bridgehead atoms. The molecule has 0 saturated carbocycles. The zero-order valence-corrected chi connectivity index (χ0v) is 12.3. The Morgan fingerprint density at radius 2 is 2.22 bits per heavy atom. The van der Waals surface area contributed by atoms with Crippen LogP contribution in [0.5, 0.6) is 0 Å². The lowest BCUT2D eigenvalue weighted by Gasteiger charge is -2.15. The molecule has 0 amide bonds. The van der Waals surface area contributed by atoms with Gasteiger partial charge < -0.3 is 0 Å². The van der Waals surface area contributed by atoms with Crippen molar-refractivity contribution in [2.45, 2.75) is 31.2 Å². The van der Waals surface area contributed by atoms with Gasteiger partial charge in [0.2, 0.25) is 0 Å². The molecule has 1 N–H and O–H groups in total. The van der Waals surface area contributed by atoms with Gasteiger partial charge in [-0.25, -0.2) is 13.1 Å². The zero-order valence-electron chi connectivity index (χ0n) is 10.8. The standard InChI is InChI=1S/C11H20ClN3O2S/c1-3-4-10(5-7-12)9-14-18(16,17)11-6-8-13-15(11)2/h6,8,10,14H,3-5,7,9H2,1-2H3. The van der Waals surface area contributed by atoms with E-state index >= 15 is 0 Å². The van der Waals surface area contributed by atoms with Crippen LogP contribution in [0.2, 0.25) is 0 Å². The second-order valence-corrected chi connectivity index (χ2v) is 6.37. The molecule has 0 aliphatic heterocycles. The number of alkyl halides is 1. The highest BCUT2D eigenvalue weighted by atomic mass is 35.5. The predicted molar refractivity (Wildman–Crippen MR) is 72.1 cm³/mol. The Hall–Kier alpha value is -0.590. The molecule has 18 heavy (non-hydrogen) atoms. The number of sulfonamides is 1. The highest BCUT2D eigenvalue weighted by molar-refractivity contribution is 7.89. The fraction of sp³-hybridized carbons (Fsp3) is 0.727. The maximum absolute atomic E-state index is 12.0. The second kappa shape index (κ2) is 7.11. The molecule has 104 valence electrons. The van der Waals surface area contributed by atoms with Crippen molar-refractivity contribution in [1.29, 1.82) is 0 Å². The topological polar surface area (TPSA) is 64.0 Å². The van der Waals surface area contributed by atoms with E-state index in [-0.39, 0.29) is 10.9 Å². The largest absolute Gasteiger partial charge is 0.257 e. The number of aryl methyl sites for hydroxylation is 1. The van der Waals surface area contributed by atoms with E-state index in [1.54, 1.807) is 7.05 Å². The van der Waals surface area contributed by atoms with E-state index in [9.17, 15) is 8.42 Å². The number of rotatable bonds is 8. The molecule has 1 heterocycles. The Bertz CT molecular complexity index is 453. The van der Waals surface area contributed by atoms with E-state index in [0.717, 1.165) is 19.3 Å².